The molecule has 0 saturated carbocycles. The van der Waals surface area contributed by atoms with E-state index in [4.69, 9.17) is 15.5 Å². The summed E-state index contributed by atoms with van der Waals surface area (Å²) < 4.78 is 7.28. The van der Waals surface area contributed by atoms with Crippen molar-refractivity contribution in [2.45, 2.75) is 25.7 Å². The summed E-state index contributed by atoms with van der Waals surface area (Å²) in [6.07, 6.45) is 1.91. The van der Waals surface area contributed by atoms with Crippen LogP contribution in [0.2, 0.25) is 0 Å². The lowest BCUT2D eigenvalue weighted by Gasteiger charge is -2.32. The number of nitrogens with zero attached hydrogens (tertiary/aromatic N) is 5. The molecule has 8 nitrogen and oxygen atoms in total. The van der Waals surface area contributed by atoms with Crippen molar-refractivity contribution in [3.8, 4) is 5.75 Å². The number of aryl methyl sites for hydroxylation is 2. The first-order chi connectivity index (χ1) is 15.4. The molecule has 1 aromatic carbocycles. The summed E-state index contributed by atoms with van der Waals surface area (Å²) in [5, 5.41) is 1.75. The van der Waals surface area contributed by atoms with E-state index in [0.717, 1.165) is 47.1 Å². The number of piperidine rings is 1. The summed E-state index contributed by atoms with van der Waals surface area (Å²) in [5.41, 5.74) is 9.25. The molecule has 4 heterocycles. The fraction of sp³-hybridized carbons (Fsp3) is 0.333. The summed E-state index contributed by atoms with van der Waals surface area (Å²) in [4.78, 5) is 28.8. The topological polar surface area (TPSA) is 99.2 Å². The molecule has 1 aliphatic rings. The lowest BCUT2D eigenvalue weighted by Crippen LogP contribution is -2.40. The van der Waals surface area contributed by atoms with E-state index in [-0.39, 0.29) is 11.8 Å². The lowest BCUT2D eigenvalue weighted by molar-refractivity contribution is 0.0697. The minimum Gasteiger partial charge on any atom is -0.497 e. The Bertz CT molecular complexity index is 1350. The standard InChI is InChI=1S/C24H26N6O2/c1-14-26-22(25)18-7-8-19(28-23(18)27-14)15-5-4-10-30(13-15)24(31)21-12-16-11-17(32-3)6-9-20(16)29(21)2/h6-9,11-12,15H,4-5,10,13H2,1-3H3,(H2,25,26,27,28)/t15-/m0/s1. The highest BCUT2D eigenvalue weighted by molar-refractivity contribution is 5.99. The summed E-state index contributed by atoms with van der Waals surface area (Å²) in [7, 11) is 3.58. The van der Waals surface area contributed by atoms with Crippen LogP contribution in [0.4, 0.5) is 5.82 Å². The molecule has 32 heavy (non-hydrogen) atoms. The van der Waals surface area contributed by atoms with Gasteiger partial charge in [0.2, 0.25) is 0 Å². The molecule has 1 aliphatic heterocycles. The molecule has 8 heteroatoms. The number of methoxy groups -OCH3 is 1. The van der Waals surface area contributed by atoms with E-state index in [1.165, 1.54) is 0 Å². The fourth-order valence-corrected chi connectivity index (χ4v) is 4.61. The van der Waals surface area contributed by atoms with E-state index < -0.39 is 0 Å². The van der Waals surface area contributed by atoms with E-state index in [9.17, 15) is 4.79 Å². The van der Waals surface area contributed by atoms with Crippen LogP contribution in [-0.4, -0.2) is 50.5 Å². The molecular formula is C24H26N6O2. The number of ether oxygens (including phenoxy) is 1. The van der Waals surface area contributed by atoms with Gasteiger partial charge in [0.15, 0.2) is 5.65 Å². The smallest absolute Gasteiger partial charge is 0.270 e. The summed E-state index contributed by atoms with van der Waals surface area (Å²) >= 11 is 0. The molecule has 1 saturated heterocycles. The first kappa shape index (κ1) is 20.2. The zero-order valence-corrected chi connectivity index (χ0v) is 18.5. The fourth-order valence-electron chi connectivity index (χ4n) is 4.61. The van der Waals surface area contributed by atoms with Gasteiger partial charge in [-0.1, -0.05) is 0 Å². The maximum Gasteiger partial charge on any atom is 0.270 e. The number of hydrogen-bond donors (Lipinski definition) is 1. The van der Waals surface area contributed by atoms with Gasteiger partial charge in [0.05, 0.1) is 12.5 Å². The maximum absolute atomic E-state index is 13.4. The number of aromatic nitrogens is 4. The van der Waals surface area contributed by atoms with E-state index in [1.807, 2.05) is 59.8 Å². The van der Waals surface area contributed by atoms with Crippen LogP contribution in [0.25, 0.3) is 21.9 Å². The van der Waals surface area contributed by atoms with Crippen molar-refractivity contribution in [2.75, 3.05) is 25.9 Å². The Labute approximate surface area is 186 Å². The van der Waals surface area contributed by atoms with Gasteiger partial charge in [0.1, 0.15) is 23.1 Å². The second kappa shape index (κ2) is 7.78. The Morgan fingerprint density at radius 3 is 2.81 bits per heavy atom. The van der Waals surface area contributed by atoms with Crippen LogP contribution < -0.4 is 10.5 Å². The van der Waals surface area contributed by atoms with Gasteiger partial charge in [0, 0.05) is 42.7 Å². The predicted molar refractivity (Wildman–Crippen MR) is 124 cm³/mol. The van der Waals surface area contributed by atoms with Gasteiger partial charge in [-0.05, 0) is 56.2 Å². The Morgan fingerprint density at radius 1 is 1.16 bits per heavy atom. The monoisotopic (exact) mass is 430 g/mol. The molecule has 1 fully saturated rings. The van der Waals surface area contributed by atoms with Crippen LogP contribution in [0.5, 0.6) is 5.75 Å². The summed E-state index contributed by atoms with van der Waals surface area (Å²) in [6.45, 7) is 3.17. The highest BCUT2D eigenvalue weighted by Gasteiger charge is 2.28. The first-order valence-corrected chi connectivity index (χ1v) is 10.8. The van der Waals surface area contributed by atoms with Gasteiger partial charge >= 0.3 is 0 Å². The Kier molecular flexibility index (Phi) is 4.92. The molecule has 0 aliphatic carbocycles. The number of pyridine rings is 1. The largest absolute Gasteiger partial charge is 0.497 e. The summed E-state index contributed by atoms with van der Waals surface area (Å²) in [6, 6.07) is 11.7. The van der Waals surface area contributed by atoms with Crippen molar-refractivity contribution in [2.24, 2.45) is 7.05 Å². The third kappa shape index (κ3) is 3.41. The van der Waals surface area contributed by atoms with Gasteiger partial charge < -0.3 is 19.9 Å². The van der Waals surface area contributed by atoms with Crippen LogP contribution in [0.15, 0.2) is 36.4 Å². The molecule has 164 valence electrons. The summed E-state index contributed by atoms with van der Waals surface area (Å²) in [5.74, 6) is 2.02. The van der Waals surface area contributed by atoms with Gasteiger partial charge in [-0.15, -0.1) is 0 Å². The number of carbonyl (C=O) groups excluding carboxylic acids is 1. The van der Waals surface area contributed by atoms with Crippen LogP contribution in [0.3, 0.4) is 0 Å². The zero-order valence-electron chi connectivity index (χ0n) is 18.5. The number of anilines is 1. The molecule has 5 rings (SSSR count). The average Bonchev–Trinajstić information content (AvgIpc) is 3.13. The first-order valence-electron chi connectivity index (χ1n) is 10.8. The third-order valence-electron chi connectivity index (χ3n) is 6.32. The van der Waals surface area contributed by atoms with Gasteiger partial charge in [0.25, 0.3) is 5.91 Å². The normalized spacial score (nSPS) is 16.6. The van der Waals surface area contributed by atoms with E-state index >= 15 is 0 Å². The second-order valence-electron chi connectivity index (χ2n) is 8.37. The van der Waals surface area contributed by atoms with Gasteiger partial charge in [-0.25, -0.2) is 15.0 Å². The molecule has 3 aromatic heterocycles. The SMILES string of the molecule is COc1ccc2c(c1)cc(C(=O)N1CCC[C@H](c3ccc4c(N)nc(C)nc4n3)C1)n2C. The zero-order chi connectivity index (χ0) is 22.4. The molecule has 0 bridgehead atoms. The highest BCUT2D eigenvalue weighted by atomic mass is 16.5. The van der Waals surface area contributed by atoms with E-state index in [0.29, 0.717) is 29.5 Å². The van der Waals surface area contributed by atoms with Gasteiger partial charge in [-0.3, -0.25) is 4.79 Å². The number of benzene rings is 1. The van der Waals surface area contributed by atoms with Crippen molar-refractivity contribution >= 4 is 33.7 Å². The van der Waals surface area contributed by atoms with Crippen LogP contribution in [0.1, 0.15) is 40.8 Å². The molecule has 4 aromatic rings. The quantitative estimate of drug-likeness (QED) is 0.535. The molecule has 2 N–H and O–H groups in total. The van der Waals surface area contributed by atoms with Crippen molar-refractivity contribution < 1.29 is 9.53 Å². The van der Waals surface area contributed by atoms with E-state index in [2.05, 4.69) is 9.97 Å². The number of likely N-dealkylation sites (tertiary alicyclic amines) is 1. The van der Waals surface area contributed by atoms with Crippen molar-refractivity contribution in [1.29, 1.82) is 0 Å². The van der Waals surface area contributed by atoms with Crippen molar-refractivity contribution in [1.82, 2.24) is 24.4 Å². The van der Waals surface area contributed by atoms with Gasteiger partial charge in [-0.2, -0.15) is 0 Å². The maximum atomic E-state index is 13.4. The van der Waals surface area contributed by atoms with Crippen LogP contribution >= 0.6 is 0 Å². The Morgan fingerprint density at radius 2 is 2.00 bits per heavy atom. The average molecular weight is 431 g/mol. The minimum absolute atomic E-state index is 0.0376. The number of hydrogen-bond acceptors (Lipinski definition) is 6. The third-order valence-corrected chi connectivity index (χ3v) is 6.32. The predicted octanol–water partition coefficient (Wildman–Crippen LogP) is 3.44. The number of carbonyl (C=O) groups is 1. The second-order valence-corrected chi connectivity index (χ2v) is 8.37. The molecule has 0 radical (unpaired) electrons. The molecular weight excluding hydrogens is 404 g/mol. The number of nitrogen functional groups attached to an aromatic ring is 1. The Hall–Kier alpha value is -3.68. The van der Waals surface area contributed by atoms with Crippen LogP contribution in [0, 0.1) is 6.92 Å². The highest BCUT2D eigenvalue weighted by Crippen LogP contribution is 2.30. The molecule has 0 unspecified atom stereocenters. The minimum atomic E-state index is 0.0376. The van der Waals surface area contributed by atoms with Crippen molar-refractivity contribution in [3.63, 3.8) is 0 Å². The molecule has 1 amide bonds. The van der Waals surface area contributed by atoms with Crippen molar-refractivity contribution in [3.05, 3.63) is 53.6 Å². The Balaban J connectivity index is 1.43. The lowest BCUT2D eigenvalue weighted by atomic mass is 9.94. The van der Waals surface area contributed by atoms with E-state index in [1.54, 1.807) is 7.11 Å². The number of rotatable bonds is 3. The number of fused-ring (bicyclic) bond motifs is 2. The number of amides is 1. The number of nitrogens with two attached hydrogens (primary N) is 1. The molecule has 1 atom stereocenters. The van der Waals surface area contributed by atoms with Crippen LogP contribution in [-0.2, 0) is 7.05 Å². The molecule has 0 spiro atoms.